The zero-order valence-corrected chi connectivity index (χ0v) is 6.29. The third-order valence-electron chi connectivity index (χ3n) is 1.05. The summed E-state index contributed by atoms with van der Waals surface area (Å²) < 4.78 is 8.72. The molecule has 0 heterocycles. The lowest BCUT2D eigenvalue weighted by atomic mass is 10.2. The van der Waals surface area contributed by atoms with Crippen LogP contribution in [-0.4, -0.2) is 38.3 Å². The van der Waals surface area contributed by atoms with Crippen LogP contribution in [0.15, 0.2) is 0 Å². The smallest absolute Gasteiger partial charge is 0.343 e. The van der Waals surface area contributed by atoms with Crippen LogP contribution in [0.1, 0.15) is 0 Å². The number of hydrogen-bond donors (Lipinski definition) is 1. The number of methoxy groups -OCH3 is 2. The molecule has 5 nitrogen and oxygen atoms in total. The Labute approximate surface area is 63.8 Å². The number of ketones is 1. The summed E-state index contributed by atoms with van der Waals surface area (Å²) in [5, 5.41) is 6.55. The van der Waals surface area contributed by atoms with Crippen LogP contribution < -0.4 is 0 Å². The Hall–Kier alpha value is -1.23. The molecule has 0 radical (unpaired) electrons. The predicted octanol–water partition coefficient (Wildman–Crippen LogP) is -0.607. The molecule has 0 saturated heterocycles. The number of carbonyl (C=O) groups excluding carboxylic acids is 2. The molecule has 0 fully saturated rings. The van der Waals surface area contributed by atoms with Crippen molar-refractivity contribution in [2.45, 2.75) is 6.10 Å². The van der Waals surface area contributed by atoms with Crippen molar-refractivity contribution in [3.8, 4) is 0 Å². The molecule has 1 atom stereocenters. The molecule has 0 rings (SSSR count). The van der Waals surface area contributed by atoms with Gasteiger partial charge in [0.25, 0.3) is 0 Å². The first-order chi connectivity index (χ1) is 5.17. The van der Waals surface area contributed by atoms with Crippen molar-refractivity contribution in [1.82, 2.24) is 0 Å². The van der Waals surface area contributed by atoms with Gasteiger partial charge in [-0.2, -0.15) is 0 Å². The molecule has 1 N–H and O–H groups in total. The molecule has 0 bridgehead atoms. The number of rotatable bonds is 4. The summed E-state index contributed by atoms with van der Waals surface area (Å²) >= 11 is 0. The van der Waals surface area contributed by atoms with Gasteiger partial charge in [0.1, 0.15) is 0 Å². The molecule has 5 heteroatoms. The van der Waals surface area contributed by atoms with Gasteiger partial charge in [-0.05, 0) is 0 Å². The van der Waals surface area contributed by atoms with E-state index in [0.717, 1.165) is 7.11 Å². The highest BCUT2D eigenvalue weighted by molar-refractivity contribution is 6.33. The van der Waals surface area contributed by atoms with Crippen molar-refractivity contribution in [3.63, 3.8) is 0 Å². The van der Waals surface area contributed by atoms with E-state index in [1.54, 1.807) is 0 Å². The van der Waals surface area contributed by atoms with Crippen LogP contribution in [0.2, 0.25) is 0 Å². The second kappa shape index (κ2) is 4.56. The van der Waals surface area contributed by atoms with E-state index in [1.165, 1.54) is 7.11 Å². The van der Waals surface area contributed by atoms with E-state index in [4.69, 9.17) is 5.41 Å². The van der Waals surface area contributed by atoms with Crippen molar-refractivity contribution in [2.75, 3.05) is 14.2 Å². The Morgan fingerprint density at radius 2 is 2.00 bits per heavy atom. The van der Waals surface area contributed by atoms with E-state index in [9.17, 15) is 9.59 Å². The zero-order chi connectivity index (χ0) is 8.85. The first-order valence-electron chi connectivity index (χ1n) is 2.82. The van der Waals surface area contributed by atoms with Crippen molar-refractivity contribution in [2.24, 2.45) is 0 Å². The quantitative estimate of drug-likeness (QED) is 0.337. The molecule has 62 valence electrons. The lowest BCUT2D eigenvalue weighted by molar-refractivity contribution is -0.155. The molecule has 0 aliphatic heterocycles. The molecule has 0 aromatic heterocycles. The number of Topliss-reactive ketones (excluding diaryl/α,β-unsaturated/α-hetero) is 1. The van der Waals surface area contributed by atoms with Gasteiger partial charge in [-0.3, -0.25) is 4.79 Å². The molecule has 0 saturated carbocycles. The second-order valence-corrected chi connectivity index (χ2v) is 1.69. The highest BCUT2D eigenvalue weighted by Gasteiger charge is 2.24. The van der Waals surface area contributed by atoms with Crippen molar-refractivity contribution in [3.05, 3.63) is 0 Å². The third kappa shape index (κ3) is 2.46. The van der Waals surface area contributed by atoms with E-state index in [-0.39, 0.29) is 0 Å². The monoisotopic (exact) mass is 159 g/mol. The first-order valence-corrected chi connectivity index (χ1v) is 2.82. The molecule has 0 aromatic carbocycles. The number of carbonyl (C=O) groups is 2. The number of ether oxygens (including phenoxy) is 2. The van der Waals surface area contributed by atoms with E-state index in [1.807, 2.05) is 0 Å². The highest BCUT2D eigenvalue weighted by Crippen LogP contribution is 1.93. The molecule has 0 aliphatic carbocycles. The maximum absolute atomic E-state index is 10.7. The van der Waals surface area contributed by atoms with Crippen molar-refractivity contribution < 1.29 is 19.1 Å². The van der Waals surface area contributed by atoms with Gasteiger partial charge in [0, 0.05) is 7.11 Å². The average molecular weight is 159 g/mol. The Balaban J connectivity index is 4.27. The summed E-state index contributed by atoms with van der Waals surface area (Å²) in [6, 6.07) is 0. The fraction of sp³-hybridized carbons (Fsp3) is 0.500. The summed E-state index contributed by atoms with van der Waals surface area (Å²) in [6.45, 7) is 0. The summed E-state index contributed by atoms with van der Waals surface area (Å²) in [5.41, 5.74) is 0. The van der Waals surface area contributed by atoms with Gasteiger partial charge in [0.05, 0.1) is 13.3 Å². The van der Waals surface area contributed by atoms with Crippen LogP contribution in [0.4, 0.5) is 0 Å². The minimum absolute atomic E-state index is 0.519. The fourth-order valence-corrected chi connectivity index (χ4v) is 0.511. The average Bonchev–Trinajstić information content (AvgIpc) is 2.05. The van der Waals surface area contributed by atoms with E-state index in [0.29, 0.717) is 6.21 Å². The highest BCUT2D eigenvalue weighted by atomic mass is 16.6. The molecule has 0 spiro atoms. The summed E-state index contributed by atoms with van der Waals surface area (Å²) in [4.78, 5) is 21.3. The second-order valence-electron chi connectivity index (χ2n) is 1.69. The lowest BCUT2D eigenvalue weighted by Gasteiger charge is -2.07. The standard InChI is InChI=1S/C6H9NO4/c1-10-5(4(8)3-7)6(9)11-2/h3,5,7H,1-2H3. The minimum Gasteiger partial charge on any atom is -0.467 e. The molecule has 0 amide bonds. The van der Waals surface area contributed by atoms with Crippen LogP contribution >= 0.6 is 0 Å². The molecule has 0 aromatic rings. The van der Waals surface area contributed by atoms with Crippen LogP contribution in [0.3, 0.4) is 0 Å². The SMILES string of the molecule is COC(=O)C(OC)C(=O)C=N. The van der Waals surface area contributed by atoms with Crippen LogP contribution in [0.5, 0.6) is 0 Å². The Morgan fingerprint density at radius 1 is 1.45 bits per heavy atom. The molecule has 0 aliphatic rings. The zero-order valence-electron chi connectivity index (χ0n) is 6.29. The molecular formula is C6H9NO4. The number of esters is 1. The number of hydrogen-bond acceptors (Lipinski definition) is 5. The van der Waals surface area contributed by atoms with Gasteiger partial charge in [0.15, 0.2) is 0 Å². The normalized spacial score (nSPS) is 11.8. The fourth-order valence-electron chi connectivity index (χ4n) is 0.511. The summed E-state index contributed by atoms with van der Waals surface area (Å²) in [6.07, 6.45) is -0.775. The van der Waals surface area contributed by atoms with Gasteiger partial charge in [-0.1, -0.05) is 0 Å². The molecular weight excluding hydrogens is 150 g/mol. The molecule has 11 heavy (non-hydrogen) atoms. The summed E-state index contributed by atoms with van der Waals surface area (Å²) in [5.74, 6) is -1.51. The Bertz CT molecular complexity index is 177. The van der Waals surface area contributed by atoms with E-state index >= 15 is 0 Å². The minimum atomic E-state index is -1.29. The maximum atomic E-state index is 10.7. The van der Waals surface area contributed by atoms with Crippen molar-refractivity contribution in [1.29, 1.82) is 5.41 Å². The lowest BCUT2D eigenvalue weighted by Crippen LogP contribution is -2.33. The largest absolute Gasteiger partial charge is 0.467 e. The van der Waals surface area contributed by atoms with Gasteiger partial charge < -0.3 is 14.9 Å². The predicted molar refractivity (Wildman–Crippen MR) is 36.6 cm³/mol. The van der Waals surface area contributed by atoms with Gasteiger partial charge in [0.2, 0.25) is 11.9 Å². The van der Waals surface area contributed by atoms with Crippen LogP contribution in [-0.2, 0) is 19.1 Å². The first kappa shape index (κ1) is 9.77. The van der Waals surface area contributed by atoms with E-state index in [2.05, 4.69) is 9.47 Å². The Morgan fingerprint density at radius 3 is 2.27 bits per heavy atom. The van der Waals surface area contributed by atoms with Crippen LogP contribution in [0, 0.1) is 5.41 Å². The van der Waals surface area contributed by atoms with E-state index < -0.39 is 17.9 Å². The molecule has 1 unspecified atom stereocenters. The topological polar surface area (TPSA) is 76.5 Å². The van der Waals surface area contributed by atoms with Crippen molar-refractivity contribution >= 4 is 18.0 Å². The number of nitrogens with one attached hydrogen (secondary N) is 1. The van der Waals surface area contributed by atoms with Crippen LogP contribution in [0.25, 0.3) is 0 Å². The summed E-state index contributed by atoms with van der Waals surface area (Å²) in [7, 11) is 2.34. The maximum Gasteiger partial charge on any atom is 0.343 e. The third-order valence-corrected chi connectivity index (χ3v) is 1.05. The van der Waals surface area contributed by atoms with Gasteiger partial charge in [-0.25, -0.2) is 4.79 Å². The Kier molecular flexibility index (Phi) is 4.05. The van der Waals surface area contributed by atoms with Gasteiger partial charge in [-0.15, -0.1) is 0 Å². The van der Waals surface area contributed by atoms with Gasteiger partial charge >= 0.3 is 5.97 Å².